The number of hydrogen-bond donors (Lipinski definition) is 1. The number of carbonyl (C=O) groups excluding carboxylic acids is 1. The number of amides is 1. The standard InChI is InChI=1S/C14H20N4O/c15-6-5-11-3-4-12(8-11)17-10-14(19)18-7-1-2-13(18)9-16/h11-13,17H,1-5,7-8,10H2/t11-,12-,13+/m1/s1. The minimum Gasteiger partial charge on any atom is -0.326 e. The van der Waals surface area contributed by atoms with Crippen LogP contribution in [-0.2, 0) is 4.79 Å². The predicted octanol–water partition coefficient (Wildman–Crippen LogP) is 1.17. The normalized spacial score (nSPS) is 30.0. The molecule has 2 aliphatic rings. The smallest absolute Gasteiger partial charge is 0.237 e. The number of nitriles is 2. The monoisotopic (exact) mass is 260 g/mol. The Labute approximate surface area is 114 Å². The summed E-state index contributed by atoms with van der Waals surface area (Å²) in [7, 11) is 0. The zero-order valence-electron chi connectivity index (χ0n) is 11.1. The molecule has 19 heavy (non-hydrogen) atoms. The molecule has 1 saturated heterocycles. The van der Waals surface area contributed by atoms with Crippen LogP contribution < -0.4 is 5.32 Å². The zero-order valence-corrected chi connectivity index (χ0v) is 11.1. The van der Waals surface area contributed by atoms with Crippen LogP contribution in [0.3, 0.4) is 0 Å². The highest BCUT2D eigenvalue weighted by molar-refractivity contribution is 5.79. The van der Waals surface area contributed by atoms with Crippen molar-refractivity contribution in [3.63, 3.8) is 0 Å². The molecular formula is C14H20N4O. The van der Waals surface area contributed by atoms with E-state index in [1.807, 2.05) is 0 Å². The Kier molecular flexibility index (Phi) is 4.76. The molecule has 1 amide bonds. The van der Waals surface area contributed by atoms with Gasteiger partial charge in [0, 0.05) is 19.0 Å². The maximum atomic E-state index is 12.0. The molecule has 0 spiro atoms. The minimum atomic E-state index is -0.232. The van der Waals surface area contributed by atoms with Crippen molar-refractivity contribution < 1.29 is 4.79 Å². The van der Waals surface area contributed by atoms with E-state index < -0.39 is 0 Å². The minimum absolute atomic E-state index is 0.0350. The lowest BCUT2D eigenvalue weighted by Crippen LogP contribution is -2.42. The Morgan fingerprint density at radius 3 is 2.89 bits per heavy atom. The van der Waals surface area contributed by atoms with Crippen molar-refractivity contribution in [2.45, 2.75) is 50.6 Å². The van der Waals surface area contributed by atoms with Crippen molar-refractivity contribution in [1.29, 1.82) is 10.5 Å². The Morgan fingerprint density at radius 2 is 2.16 bits per heavy atom. The molecule has 1 aliphatic carbocycles. The molecular weight excluding hydrogens is 240 g/mol. The fourth-order valence-electron chi connectivity index (χ4n) is 3.11. The molecule has 1 saturated carbocycles. The van der Waals surface area contributed by atoms with Crippen LogP contribution in [0.2, 0.25) is 0 Å². The lowest BCUT2D eigenvalue weighted by atomic mass is 10.1. The molecule has 5 nitrogen and oxygen atoms in total. The first-order chi connectivity index (χ1) is 9.24. The van der Waals surface area contributed by atoms with Crippen LogP contribution in [0.4, 0.5) is 0 Å². The largest absolute Gasteiger partial charge is 0.326 e. The number of carbonyl (C=O) groups is 1. The van der Waals surface area contributed by atoms with Gasteiger partial charge in [0.2, 0.25) is 5.91 Å². The second-order valence-corrected chi connectivity index (χ2v) is 5.49. The summed E-state index contributed by atoms with van der Waals surface area (Å²) < 4.78 is 0. The quantitative estimate of drug-likeness (QED) is 0.823. The van der Waals surface area contributed by atoms with Crippen molar-refractivity contribution in [1.82, 2.24) is 10.2 Å². The molecule has 102 valence electrons. The predicted molar refractivity (Wildman–Crippen MR) is 69.7 cm³/mol. The highest BCUT2D eigenvalue weighted by Gasteiger charge is 2.29. The van der Waals surface area contributed by atoms with Gasteiger partial charge in [0.05, 0.1) is 18.7 Å². The van der Waals surface area contributed by atoms with Crippen LogP contribution >= 0.6 is 0 Å². The van der Waals surface area contributed by atoms with Gasteiger partial charge in [-0.3, -0.25) is 4.79 Å². The van der Waals surface area contributed by atoms with Gasteiger partial charge < -0.3 is 10.2 Å². The van der Waals surface area contributed by atoms with E-state index in [0.717, 1.165) is 32.1 Å². The maximum Gasteiger partial charge on any atom is 0.237 e. The summed E-state index contributed by atoms with van der Waals surface area (Å²) >= 11 is 0. The molecule has 0 aromatic heterocycles. The summed E-state index contributed by atoms with van der Waals surface area (Å²) in [5, 5.41) is 20.9. The highest BCUT2D eigenvalue weighted by Crippen LogP contribution is 2.27. The van der Waals surface area contributed by atoms with Crippen molar-refractivity contribution in [3.8, 4) is 12.1 Å². The van der Waals surface area contributed by atoms with E-state index >= 15 is 0 Å². The van der Waals surface area contributed by atoms with Crippen LogP contribution in [0.5, 0.6) is 0 Å². The van der Waals surface area contributed by atoms with Gasteiger partial charge in [0.25, 0.3) is 0 Å². The number of hydrogen-bond acceptors (Lipinski definition) is 4. The number of rotatable bonds is 4. The highest BCUT2D eigenvalue weighted by atomic mass is 16.2. The number of nitrogens with one attached hydrogen (secondary N) is 1. The van der Waals surface area contributed by atoms with Gasteiger partial charge in [-0.1, -0.05) is 0 Å². The van der Waals surface area contributed by atoms with Gasteiger partial charge in [0.15, 0.2) is 0 Å². The molecule has 3 atom stereocenters. The van der Waals surface area contributed by atoms with E-state index in [9.17, 15) is 4.79 Å². The van der Waals surface area contributed by atoms with E-state index in [1.54, 1.807) is 4.90 Å². The summed E-state index contributed by atoms with van der Waals surface area (Å²) in [4.78, 5) is 13.7. The molecule has 0 aromatic carbocycles. The molecule has 5 heteroatoms. The van der Waals surface area contributed by atoms with Gasteiger partial charge in [0.1, 0.15) is 6.04 Å². The van der Waals surface area contributed by atoms with Crippen LogP contribution in [0, 0.1) is 28.6 Å². The van der Waals surface area contributed by atoms with Crippen LogP contribution in [0.15, 0.2) is 0 Å². The molecule has 0 bridgehead atoms. The SMILES string of the molecule is N#CC[C@H]1CC[C@@H](NCC(=O)N2CCC[C@H]2C#N)C1. The lowest BCUT2D eigenvalue weighted by molar-refractivity contribution is -0.130. The Hall–Kier alpha value is -1.59. The Morgan fingerprint density at radius 1 is 1.32 bits per heavy atom. The number of nitrogens with zero attached hydrogens (tertiary/aromatic N) is 3. The molecule has 1 N–H and O–H groups in total. The van der Waals surface area contributed by atoms with Gasteiger partial charge in [-0.25, -0.2) is 0 Å². The average Bonchev–Trinajstić information content (AvgIpc) is 3.05. The van der Waals surface area contributed by atoms with E-state index in [2.05, 4.69) is 17.5 Å². The second-order valence-electron chi connectivity index (χ2n) is 5.49. The molecule has 0 radical (unpaired) electrons. The van der Waals surface area contributed by atoms with Crippen molar-refractivity contribution in [2.24, 2.45) is 5.92 Å². The third kappa shape index (κ3) is 3.45. The Balaban J connectivity index is 1.73. The van der Waals surface area contributed by atoms with Crippen LogP contribution in [0.1, 0.15) is 38.5 Å². The first kappa shape index (κ1) is 13.8. The molecule has 0 unspecified atom stereocenters. The summed E-state index contributed by atoms with van der Waals surface area (Å²) in [6.45, 7) is 1.03. The molecule has 1 heterocycles. The first-order valence-electron chi connectivity index (χ1n) is 7.04. The first-order valence-corrected chi connectivity index (χ1v) is 7.04. The topological polar surface area (TPSA) is 79.9 Å². The van der Waals surface area contributed by atoms with Gasteiger partial charge in [-0.05, 0) is 38.0 Å². The molecule has 0 aromatic rings. The van der Waals surface area contributed by atoms with E-state index in [-0.39, 0.29) is 11.9 Å². The Bertz CT molecular complexity index is 409. The zero-order chi connectivity index (χ0) is 13.7. The van der Waals surface area contributed by atoms with Gasteiger partial charge in [-0.15, -0.1) is 0 Å². The second kappa shape index (κ2) is 6.54. The van der Waals surface area contributed by atoms with Crippen molar-refractivity contribution in [2.75, 3.05) is 13.1 Å². The molecule has 2 rings (SSSR count). The molecule has 2 fully saturated rings. The fourth-order valence-corrected chi connectivity index (χ4v) is 3.11. The third-order valence-corrected chi connectivity index (χ3v) is 4.19. The van der Waals surface area contributed by atoms with Gasteiger partial charge >= 0.3 is 0 Å². The molecule has 1 aliphatic heterocycles. The third-order valence-electron chi connectivity index (χ3n) is 4.19. The van der Waals surface area contributed by atoms with Crippen LogP contribution in [0.25, 0.3) is 0 Å². The van der Waals surface area contributed by atoms with E-state index in [1.165, 1.54) is 0 Å². The van der Waals surface area contributed by atoms with E-state index in [4.69, 9.17) is 10.5 Å². The fraction of sp³-hybridized carbons (Fsp3) is 0.786. The van der Waals surface area contributed by atoms with E-state index in [0.29, 0.717) is 31.5 Å². The summed E-state index contributed by atoms with van der Waals surface area (Å²) in [6.07, 6.45) is 5.45. The maximum absolute atomic E-state index is 12.0. The van der Waals surface area contributed by atoms with Crippen LogP contribution in [-0.4, -0.2) is 36.0 Å². The number of likely N-dealkylation sites (tertiary alicyclic amines) is 1. The summed E-state index contributed by atoms with van der Waals surface area (Å²) in [6, 6.07) is 4.52. The van der Waals surface area contributed by atoms with Crippen molar-refractivity contribution in [3.05, 3.63) is 0 Å². The lowest BCUT2D eigenvalue weighted by Gasteiger charge is -2.21. The van der Waals surface area contributed by atoms with Crippen molar-refractivity contribution >= 4 is 5.91 Å². The van der Waals surface area contributed by atoms with Gasteiger partial charge in [-0.2, -0.15) is 10.5 Å². The summed E-state index contributed by atoms with van der Waals surface area (Å²) in [5.41, 5.74) is 0. The average molecular weight is 260 g/mol. The summed E-state index contributed by atoms with van der Waals surface area (Å²) in [5.74, 6) is 0.518.